The zero-order valence-electron chi connectivity index (χ0n) is 9.32. The van der Waals surface area contributed by atoms with Crippen LogP contribution in [0.4, 0.5) is 4.39 Å². The van der Waals surface area contributed by atoms with Gasteiger partial charge in [-0.15, -0.1) is 0 Å². The van der Waals surface area contributed by atoms with E-state index in [0.717, 1.165) is 5.56 Å². The molecule has 0 unspecified atom stereocenters. The monoisotopic (exact) mass is 235 g/mol. The van der Waals surface area contributed by atoms with Crippen molar-refractivity contribution in [1.82, 2.24) is 4.98 Å². The molecule has 0 saturated carbocycles. The molecule has 1 N–H and O–H groups in total. The largest absolute Gasteiger partial charge is 0.476 e. The predicted octanol–water partition coefficient (Wildman–Crippen LogP) is 2.80. The lowest BCUT2D eigenvalue weighted by Crippen LogP contribution is -1.98. The molecule has 0 aliphatic heterocycles. The third-order valence-electron chi connectivity index (χ3n) is 2.43. The fraction of sp³-hybridized carbons (Fsp3) is 0.167. The number of aromatic nitrogens is 1. The normalized spacial score (nSPS) is 10.5. The zero-order chi connectivity index (χ0) is 12.6. The van der Waals surface area contributed by atoms with E-state index in [9.17, 15) is 9.18 Å². The maximum absolute atomic E-state index is 13.1. The number of halogens is 1. The van der Waals surface area contributed by atoms with E-state index in [4.69, 9.17) is 9.52 Å². The Morgan fingerprint density at radius 3 is 2.71 bits per heavy atom. The third-order valence-corrected chi connectivity index (χ3v) is 2.43. The minimum Gasteiger partial charge on any atom is -0.476 e. The number of oxazole rings is 1. The van der Waals surface area contributed by atoms with Gasteiger partial charge in [-0.3, -0.25) is 0 Å². The molecule has 4 nitrogen and oxygen atoms in total. The Morgan fingerprint density at radius 2 is 2.12 bits per heavy atom. The molecule has 0 bridgehead atoms. The van der Waals surface area contributed by atoms with Crippen molar-refractivity contribution in [3.8, 4) is 11.5 Å². The first-order chi connectivity index (χ1) is 7.99. The fourth-order valence-corrected chi connectivity index (χ4v) is 1.53. The number of nitrogens with zero attached hydrogens (tertiary/aromatic N) is 1. The number of carbonyl (C=O) groups is 1. The number of aryl methyl sites for hydroxylation is 2. The summed E-state index contributed by atoms with van der Waals surface area (Å²) in [6.45, 7) is 3.28. The van der Waals surface area contributed by atoms with Crippen LogP contribution < -0.4 is 0 Å². The maximum atomic E-state index is 13.1. The van der Waals surface area contributed by atoms with Gasteiger partial charge in [-0.1, -0.05) is 6.07 Å². The van der Waals surface area contributed by atoms with Crippen LogP contribution in [0.3, 0.4) is 0 Å². The highest BCUT2D eigenvalue weighted by Crippen LogP contribution is 2.25. The van der Waals surface area contributed by atoms with Crippen LogP contribution in [0.15, 0.2) is 22.6 Å². The summed E-state index contributed by atoms with van der Waals surface area (Å²) in [6, 6.07) is 4.18. The highest BCUT2D eigenvalue weighted by Gasteiger charge is 2.18. The lowest BCUT2D eigenvalue weighted by molar-refractivity contribution is 0.0689. The van der Waals surface area contributed by atoms with Gasteiger partial charge in [0.25, 0.3) is 0 Å². The van der Waals surface area contributed by atoms with E-state index < -0.39 is 11.8 Å². The van der Waals surface area contributed by atoms with Crippen molar-refractivity contribution < 1.29 is 18.7 Å². The number of rotatable bonds is 2. The molecule has 1 aromatic carbocycles. The quantitative estimate of drug-likeness (QED) is 0.869. The molecule has 0 fully saturated rings. The van der Waals surface area contributed by atoms with Gasteiger partial charge in [-0.25, -0.2) is 14.2 Å². The van der Waals surface area contributed by atoms with Gasteiger partial charge in [0, 0.05) is 5.56 Å². The highest BCUT2D eigenvalue weighted by molar-refractivity contribution is 5.87. The Balaban J connectivity index is 2.57. The van der Waals surface area contributed by atoms with E-state index in [1.807, 2.05) is 0 Å². The topological polar surface area (TPSA) is 63.3 Å². The van der Waals surface area contributed by atoms with Crippen LogP contribution in [-0.2, 0) is 0 Å². The van der Waals surface area contributed by atoms with Gasteiger partial charge < -0.3 is 9.52 Å². The van der Waals surface area contributed by atoms with Crippen LogP contribution in [0.5, 0.6) is 0 Å². The van der Waals surface area contributed by atoms with Crippen molar-refractivity contribution in [2.75, 3.05) is 0 Å². The first-order valence-corrected chi connectivity index (χ1v) is 4.96. The SMILES string of the molecule is Cc1ccc(F)cc1-c1nc(C(=O)O)c(C)o1. The summed E-state index contributed by atoms with van der Waals surface area (Å²) in [4.78, 5) is 14.7. The molecule has 2 aromatic rings. The van der Waals surface area contributed by atoms with Gasteiger partial charge in [0.2, 0.25) is 5.89 Å². The molecular formula is C12H10FNO3. The second-order valence-electron chi connectivity index (χ2n) is 3.69. The average molecular weight is 235 g/mol. The molecule has 0 atom stereocenters. The van der Waals surface area contributed by atoms with E-state index in [1.54, 1.807) is 13.0 Å². The van der Waals surface area contributed by atoms with Crippen LogP contribution in [0.2, 0.25) is 0 Å². The predicted molar refractivity (Wildman–Crippen MR) is 58.3 cm³/mol. The van der Waals surface area contributed by atoms with Gasteiger partial charge in [-0.05, 0) is 31.5 Å². The van der Waals surface area contributed by atoms with Gasteiger partial charge in [-0.2, -0.15) is 0 Å². The second kappa shape index (κ2) is 4.01. The zero-order valence-corrected chi connectivity index (χ0v) is 9.32. The van der Waals surface area contributed by atoms with Gasteiger partial charge in [0.05, 0.1) is 0 Å². The summed E-state index contributed by atoms with van der Waals surface area (Å²) in [5.74, 6) is -1.25. The van der Waals surface area contributed by atoms with Crippen LogP contribution in [-0.4, -0.2) is 16.1 Å². The van der Waals surface area contributed by atoms with E-state index in [2.05, 4.69) is 4.98 Å². The molecule has 0 saturated heterocycles. The Morgan fingerprint density at radius 1 is 1.41 bits per heavy atom. The van der Waals surface area contributed by atoms with E-state index in [0.29, 0.717) is 5.56 Å². The first kappa shape index (κ1) is 11.3. The van der Waals surface area contributed by atoms with Crippen molar-refractivity contribution in [3.63, 3.8) is 0 Å². The van der Waals surface area contributed by atoms with Crippen molar-refractivity contribution in [1.29, 1.82) is 0 Å². The summed E-state index contributed by atoms with van der Waals surface area (Å²) in [5.41, 5.74) is 1.08. The van der Waals surface area contributed by atoms with Crippen LogP contribution in [0.1, 0.15) is 21.8 Å². The number of hydrogen-bond donors (Lipinski definition) is 1. The van der Waals surface area contributed by atoms with Crippen LogP contribution >= 0.6 is 0 Å². The summed E-state index contributed by atoms with van der Waals surface area (Å²) in [7, 11) is 0. The third kappa shape index (κ3) is 2.04. The number of carboxylic acid groups (broad SMARTS) is 1. The molecule has 88 valence electrons. The maximum Gasteiger partial charge on any atom is 0.358 e. The summed E-state index contributed by atoms with van der Waals surface area (Å²) in [5, 5.41) is 8.85. The molecule has 1 aromatic heterocycles. The van der Waals surface area contributed by atoms with E-state index in [1.165, 1.54) is 19.1 Å². The van der Waals surface area contributed by atoms with Gasteiger partial charge >= 0.3 is 5.97 Å². The molecule has 0 radical (unpaired) electrons. The Bertz CT molecular complexity index is 589. The fourth-order valence-electron chi connectivity index (χ4n) is 1.53. The summed E-state index contributed by atoms with van der Waals surface area (Å²) < 4.78 is 18.4. The number of benzene rings is 1. The number of aromatic carboxylic acids is 1. The molecule has 5 heteroatoms. The number of carboxylic acids is 1. The smallest absolute Gasteiger partial charge is 0.358 e. The molecule has 0 spiro atoms. The molecule has 1 heterocycles. The Labute approximate surface area is 96.7 Å². The molecule has 17 heavy (non-hydrogen) atoms. The molecule has 0 amide bonds. The standard InChI is InChI=1S/C12H10FNO3/c1-6-3-4-8(13)5-9(6)11-14-10(12(15)16)7(2)17-11/h3-5H,1-2H3,(H,15,16). The van der Waals surface area contributed by atoms with Gasteiger partial charge in [0.1, 0.15) is 11.6 Å². The average Bonchev–Trinajstić information content (AvgIpc) is 2.64. The van der Waals surface area contributed by atoms with E-state index >= 15 is 0 Å². The summed E-state index contributed by atoms with van der Waals surface area (Å²) in [6.07, 6.45) is 0. The first-order valence-electron chi connectivity index (χ1n) is 4.96. The van der Waals surface area contributed by atoms with Gasteiger partial charge in [0.15, 0.2) is 5.69 Å². The molecule has 0 aliphatic carbocycles. The molecule has 2 rings (SSSR count). The number of hydrogen-bond acceptors (Lipinski definition) is 3. The minimum absolute atomic E-state index is 0.122. The van der Waals surface area contributed by atoms with E-state index in [-0.39, 0.29) is 17.3 Å². The Kier molecular flexibility index (Phi) is 2.67. The lowest BCUT2D eigenvalue weighted by atomic mass is 10.1. The summed E-state index contributed by atoms with van der Waals surface area (Å²) >= 11 is 0. The van der Waals surface area contributed by atoms with Crippen LogP contribution in [0.25, 0.3) is 11.5 Å². The lowest BCUT2D eigenvalue weighted by Gasteiger charge is -2.00. The molecule has 0 aliphatic rings. The Hall–Kier alpha value is -2.17. The van der Waals surface area contributed by atoms with Crippen molar-refractivity contribution >= 4 is 5.97 Å². The van der Waals surface area contributed by atoms with Crippen molar-refractivity contribution in [3.05, 3.63) is 41.0 Å². The minimum atomic E-state index is -1.16. The highest BCUT2D eigenvalue weighted by atomic mass is 19.1. The van der Waals surface area contributed by atoms with Crippen molar-refractivity contribution in [2.45, 2.75) is 13.8 Å². The van der Waals surface area contributed by atoms with Crippen molar-refractivity contribution in [2.24, 2.45) is 0 Å². The second-order valence-corrected chi connectivity index (χ2v) is 3.69. The molecular weight excluding hydrogens is 225 g/mol. The van der Waals surface area contributed by atoms with Crippen LogP contribution in [0, 0.1) is 19.7 Å².